The first-order valence-electron chi connectivity index (χ1n) is 10.7. The Morgan fingerprint density at radius 2 is 1.68 bits per heavy atom. The summed E-state index contributed by atoms with van der Waals surface area (Å²) in [6.07, 6.45) is 0.521. The number of aryl methyl sites for hydroxylation is 3. The van der Waals surface area contributed by atoms with Crippen LogP contribution >= 0.6 is 15.9 Å². The molecule has 5 nitrogen and oxygen atoms in total. The van der Waals surface area contributed by atoms with Crippen LogP contribution < -0.4 is 10.1 Å². The molecule has 0 bridgehead atoms. The molecule has 2 aromatic carbocycles. The summed E-state index contributed by atoms with van der Waals surface area (Å²) in [5.74, 6) is 0.282. The Labute approximate surface area is 194 Å². The zero-order valence-corrected chi connectivity index (χ0v) is 20.9. The van der Waals surface area contributed by atoms with E-state index in [0.29, 0.717) is 18.7 Å². The number of nitrogens with one attached hydrogen (secondary N) is 1. The Hall–Kier alpha value is -2.34. The van der Waals surface area contributed by atoms with Gasteiger partial charge in [0, 0.05) is 17.1 Å². The van der Waals surface area contributed by atoms with Crippen molar-refractivity contribution in [1.29, 1.82) is 0 Å². The molecule has 0 fully saturated rings. The summed E-state index contributed by atoms with van der Waals surface area (Å²) in [6.45, 7) is 12.0. The monoisotopic (exact) mass is 488 g/mol. The number of ether oxygens (including phenoxy) is 1. The minimum atomic E-state index is -0.563. The minimum absolute atomic E-state index is 0.00179. The van der Waals surface area contributed by atoms with Crippen molar-refractivity contribution in [3.8, 4) is 5.75 Å². The lowest BCUT2D eigenvalue weighted by atomic mass is 10.1. The lowest BCUT2D eigenvalue weighted by Crippen LogP contribution is -2.51. The third-order valence-corrected chi connectivity index (χ3v) is 6.44. The zero-order chi connectivity index (χ0) is 23.1. The molecule has 2 aromatic rings. The molecule has 0 saturated heterocycles. The molecule has 168 valence electrons. The smallest absolute Gasteiger partial charge is 0.261 e. The van der Waals surface area contributed by atoms with E-state index >= 15 is 0 Å². The topological polar surface area (TPSA) is 58.6 Å². The van der Waals surface area contributed by atoms with E-state index in [9.17, 15) is 9.59 Å². The first-order valence-corrected chi connectivity index (χ1v) is 11.5. The fourth-order valence-corrected chi connectivity index (χ4v) is 3.72. The molecule has 0 spiro atoms. The van der Waals surface area contributed by atoms with Crippen LogP contribution in [-0.2, 0) is 16.1 Å². The second-order valence-electron chi connectivity index (χ2n) is 8.20. The van der Waals surface area contributed by atoms with Crippen molar-refractivity contribution < 1.29 is 14.3 Å². The van der Waals surface area contributed by atoms with E-state index in [-0.39, 0.29) is 24.5 Å². The number of nitrogens with zero attached hydrogens (tertiary/aromatic N) is 1. The van der Waals surface area contributed by atoms with Gasteiger partial charge in [0.1, 0.15) is 11.8 Å². The Balaban J connectivity index is 2.26. The SMILES string of the molecule is CC[C@H](C(=O)NC(C)C)N(Cc1ccccc1C)C(=O)COc1cc(C)c(Br)c(C)c1. The van der Waals surface area contributed by atoms with Crippen molar-refractivity contribution in [3.05, 3.63) is 63.1 Å². The minimum Gasteiger partial charge on any atom is -0.484 e. The molecule has 1 atom stereocenters. The summed E-state index contributed by atoms with van der Waals surface area (Å²) < 4.78 is 6.88. The van der Waals surface area contributed by atoms with Crippen LogP contribution in [0.3, 0.4) is 0 Å². The van der Waals surface area contributed by atoms with E-state index < -0.39 is 6.04 Å². The van der Waals surface area contributed by atoms with Crippen LogP contribution in [0, 0.1) is 20.8 Å². The van der Waals surface area contributed by atoms with Crippen LogP contribution in [0.15, 0.2) is 40.9 Å². The highest BCUT2D eigenvalue weighted by Crippen LogP contribution is 2.26. The van der Waals surface area contributed by atoms with Gasteiger partial charge in [0.05, 0.1) is 0 Å². The van der Waals surface area contributed by atoms with Crippen molar-refractivity contribution in [2.75, 3.05) is 6.61 Å². The first-order chi connectivity index (χ1) is 14.6. The Bertz CT molecular complexity index is 904. The van der Waals surface area contributed by atoms with Crippen LogP contribution in [0.25, 0.3) is 0 Å². The van der Waals surface area contributed by atoms with E-state index in [2.05, 4.69) is 21.2 Å². The van der Waals surface area contributed by atoms with Gasteiger partial charge >= 0.3 is 0 Å². The Kier molecular flexibility index (Phi) is 9.11. The molecule has 6 heteroatoms. The predicted molar refractivity (Wildman–Crippen MR) is 128 cm³/mol. The normalized spacial score (nSPS) is 11.9. The van der Waals surface area contributed by atoms with Gasteiger partial charge in [0.15, 0.2) is 6.61 Å². The number of benzene rings is 2. The van der Waals surface area contributed by atoms with Gasteiger partial charge in [0.2, 0.25) is 5.91 Å². The van der Waals surface area contributed by atoms with Gasteiger partial charge in [0.25, 0.3) is 5.91 Å². The van der Waals surface area contributed by atoms with Gasteiger partial charge in [-0.15, -0.1) is 0 Å². The third kappa shape index (κ3) is 6.82. The number of carbonyl (C=O) groups is 2. The number of amides is 2. The second-order valence-corrected chi connectivity index (χ2v) is 8.99. The summed E-state index contributed by atoms with van der Waals surface area (Å²) in [5, 5.41) is 2.95. The molecule has 31 heavy (non-hydrogen) atoms. The van der Waals surface area contributed by atoms with Crippen molar-refractivity contribution >= 4 is 27.7 Å². The second kappa shape index (κ2) is 11.3. The van der Waals surface area contributed by atoms with Gasteiger partial charge in [-0.3, -0.25) is 9.59 Å². The average molecular weight is 489 g/mol. The molecule has 1 N–H and O–H groups in total. The average Bonchev–Trinajstić information content (AvgIpc) is 2.70. The predicted octanol–water partition coefficient (Wildman–Crippen LogP) is 5.09. The van der Waals surface area contributed by atoms with Crippen molar-refractivity contribution in [1.82, 2.24) is 10.2 Å². The van der Waals surface area contributed by atoms with Gasteiger partial charge in [-0.05, 0) is 75.4 Å². The van der Waals surface area contributed by atoms with Gasteiger partial charge in [-0.1, -0.05) is 47.1 Å². The van der Waals surface area contributed by atoms with E-state index in [1.54, 1.807) is 4.90 Å². The van der Waals surface area contributed by atoms with Gasteiger partial charge in [-0.25, -0.2) is 0 Å². The summed E-state index contributed by atoms with van der Waals surface area (Å²) >= 11 is 3.55. The maximum Gasteiger partial charge on any atom is 0.261 e. The van der Waals surface area contributed by atoms with Crippen molar-refractivity contribution in [3.63, 3.8) is 0 Å². The third-order valence-electron chi connectivity index (χ3n) is 5.19. The molecule has 0 aliphatic carbocycles. The van der Waals surface area contributed by atoms with Gasteiger partial charge in [-0.2, -0.15) is 0 Å². The van der Waals surface area contributed by atoms with Gasteiger partial charge < -0.3 is 15.0 Å². The maximum atomic E-state index is 13.3. The summed E-state index contributed by atoms with van der Waals surface area (Å²) in [4.78, 5) is 27.8. The maximum absolute atomic E-state index is 13.3. The molecule has 2 rings (SSSR count). The summed E-state index contributed by atoms with van der Waals surface area (Å²) in [5.41, 5.74) is 4.19. The van der Waals surface area contributed by atoms with Crippen LogP contribution in [-0.4, -0.2) is 35.4 Å². The lowest BCUT2D eigenvalue weighted by molar-refractivity contribution is -0.143. The summed E-state index contributed by atoms with van der Waals surface area (Å²) in [6, 6.07) is 11.2. The highest BCUT2D eigenvalue weighted by Gasteiger charge is 2.29. The molecule has 0 heterocycles. The fourth-order valence-electron chi connectivity index (χ4n) is 3.49. The largest absolute Gasteiger partial charge is 0.484 e. The van der Waals surface area contributed by atoms with E-state index in [4.69, 9.17) is 4.74 Å². The molecule has 0 radical (unpaired) electrons. The summed E-state index contributed by atoms with van der Waals surface area (Å²) in [7, 11) is 0. The van der Waals surface area contributed by atoms with Crippen LogP contribution in [0.2, 0.25) is 0 Å². The number of halogens is 1. The number of hydrogen-bond donors (Lipinski definition) is 1. The number of rotatable bonds is 9. The first kappa shape index (κ1) is 24.9. The molecular weight excluding hydrogens is 456 g/mol. The molecule has 0 unspecified atom stereocenters. The molecular formula is C25H33BrN2O3. The van der Waals surface area contributed by atoms with Crippen LogP contribution in [0.4, 0.5) is 0 Å². The molecule has 0 saturated carbocycles. The molecule has 0 aliphatic heterocycles. The van der Waals surface area contributed by atoms with Crippen molar-refractivity contribution in [2.45, 2.75) is 66.6 Å². The molecule has 0 aliphatic rings. The standard InChI is InChI=1S/C25H33BrN2O3/c1-7-22(25(30)27-16(2)3)28(14-20-11-9-8-10-17(20)4)23(29)15-31-21-12-18(5)24(26)19(6)13-21/h8-13,16,22H,7,14-15H2,1-6H3,(H,27,30)/t22-/m1/s1. The highest BCUT2D eigenvalue weighted by atomic mass is 79.9. The molecule has 2 amide bonds. The number of carbonyl (C=O) groups excluding carboxylic acids is 2. The van der Waals surface area contributed by atoms with Crippen LogP contribution in [0.5, 0.6) is 5.75 Å². The van der Waals surface area contributed by atoms with E-state index in [1.807, 2.05) is 77.9 Å². The van der Waals surface area contributed by atoms with Crippen molar-refractivity contribution in [2.24, 2.45) is 0 Å². The highest BCUT2D eigenvalue weighted by molar-refractivity contribution is 9.10. The number of hydrogen-bond acceptors (Lipinski definition) is 3. The Morgan fingerprint density at radius 3 is 2.23 bits per heavy atom. The Morgan fingerprint density at radius 1 is 1.06 bits per heavy atom. The quantitative estimate of drug-likeness (QED) is 0.534. The van der Waals surface area contributed by atoms with Crippen LogP contribution in [0.1, 0.15) is 49.4 Å². The van der Waals surface area contributed by atoms with E-state index in [1.165, 1.54) is 0 Å². The lowest BCUT2D eigenvalue weighted by Gasteiger charge is -2.31. The zero-order valence-electron chi connectivity index (χ0n) is 19.3. The van der Waals surface area contributed by atoms with E-state index in [0.717, 1.165) is 26.7 Å². The molecule has 0 aromatic heterocycles. The fraction of sp³-hybridized carbons (Fsp3) is 0.440.